The minimum Gasteiger partial charge on any atom is -0.364 e. The van der Waals surface area contributed by atoms with Gasteiger partial charge in [-0.3, -0.25) is 9.47 Å². The van der Waals surface area contributed by atoms with E-state index in [4.69, 9.17) is 16.3 Å². The standard InChI is InChI=1S/C24H26ClN5O/c1-29-13-16-12-17(25)6-7-20(16)30-21(14-29)27-28-23(30)22-18-4-2-3-5-19(18)24(15-31-22)8-10-26-11-9-24/h2-7,12,22,26H,8-11,13-15H2,1H3/t22-/m1/s1. The van der Waals surface area contributed by atoms with Gasteiger partial charge in [-0.1, -0.05) is 35.9 Å². The molecule has 1 spiro atoms. The highest BCUT2D eigenvalue weighted by Crippen LogP contribution is 2.45. The van der Waals surface area contributed by atoms with Gasteiger partial charge < -0.3 is 10.1 Å². The van der Waals surface area contributed by atoms with E-state index in [-0.39, 0.29) is 11.5 Å². The maximum absolute atomic E-state index is 6.62. The molecule has 0 bridgehead atoms. The molecular formula is C24H26ClN5O. The summed E-state index contributed by atoms with van der Waals surface area (Å²) in [6.07, 6.45) is 1.96. The van der Waals surface area contributed by atoms with Crippen molar-refractivity contribution >= 4 is 11.6 Å². The molecule has 1 atom stereocenters. The van der Waals surface area contributed by atoms with Crippen molar-refractivity contribution in [2.75, 3.05) is 26.7 Å². The number of ether oxygens (including phenoxy) is 1. The maximum Gasteiger partial charge on any atom is 0.171 e. The van der Waals surface area contributed by atoms with Crippen molar-refractivity contribution < 1.29 is 4.74 Å². The largest absolute Gasteiger partial charge is 0.364 e. The number of nitrogens with one attached hydrogen (secondary N) is 1. The number of rotatable bonds is 1. The summed E-state index contributed by atoms with van der Waals surface area (Å²) in [4.78, 5) is 2.24. The van der Waals surface area contributed by atoms with Crippen LogP contribution in [0.5, 0.6) is 0 Å². The normalized spacial score (nSPS) is 22.5. The van der Waals surface area contributed by atoms with Crippen LogP contribution in [-0.4, -0.2) is 46.4 Å². The predicted molar refractivity (Wildman–Crippen MR) is 120 cm³/mol. The van der Waals surface area contributed by atoms with Crippen LogP contribution in [0.3, 0.4) is 0 Å². The third-order valence-electron chi connectivity index (χ3n) is 7.03. The van der Waals surface area contributed by atoms with Crippen molar-refractivity contribution in [1.82, 2.24) is 25.0 Å². The summed E-state index contributed by atoms with van der Waals surface area (Å²) in [6, 6.07) is 14.8. The molecule has 1 fully saturated rings. The zero-order valence-electron chi connectivity index (χ0n) is 17.6. The highest BCUT2D eigenvalue weighted by Gasteiger charge is 2.43. The molecule has 31 heavy (non-hydrogen) atoms. The fraction of sp³-hybridized carbons (Fsp3) is 0.417. The Kier molecular flexibility index (Phi) is 4.65. The van der Waals surface area contributed by atoms with Gasteiger partial charge in [0, 0.05) is 17.0 Å². The Labute approximate surface area is 187 Å². The van der Waals surface area contributed by atoms with E-state index < -0.39 is 0 Å². The molecule has 0 radical (unpaired) electrons. The molecule has 4 heterocycles. The third kappa shape index (κ3) is 3.12. The van der Waals surface area contributed by atoms with Gasteiger partial charge in [-0.25, -0.2) is 0 Å². The van der Waals surface area contributed by atoms with Crippen LogP contribution in [-0.2, 0) is 23.2 Å². The summed E-state index contributed by atoms with van der Waals surface area (Å²) < 4.78 is 8.82. The number of halogens is 1. The van der Waals surface area contributed by atoms with Gasteiger partial charge in [-0.15, -0.1) is 10.2 Å². The number of benzene rings is 2. The lowest BCUT2D eigenvalue weighted by molar-refractivity contribution is 0.00339. The zero-order valence-corrected chi connectivity index (χ0v) is 18.4. The average Bonchev–Trinajstić information content (AvgIpc) is 3.11. The van der Waals surface area contributed by atoms with Crippen molar-refractivity contribution in [3.8, 4) is 5.69 Å². The highest BCUT2D eigenvalue weighted by molar-refractivity contribution is 6.30. The Hall–Kier alpha value is -2.25. The molecule has 0 unspecified atom stereocenters. The Morgan fingerprint density at radius 2 is 1.94 bits per heavy atom. The van der Waals surface area contributed by atoms with Gasteiger partial charge in [0.2, 0.25) is 0 Å². The second kappa shape index (κ2) is 7.41. The van der Waals surface area contributed by atoms with Crippen LogP contribution in [0.1, 0.15) is 47.3 Å². The lowest BCUT2D eigenvalue weighted by Crippen LogP contribution is -2.46. The molecule has 0 amide bonds. The molecule has 1 N–H and O–H groups in total. The minimum absolute atomic E-state index is 0.0889. The SMILES string of the molecule is CN1Cc2cc(Cl)ccc2-n2c(nnc2[C@@H]2OCC3(CCNCC3)c3ccccc32)C1. The lowest BCUT2D eigenvalue weighted by atomic mass is 9.70. The first-order chi connectivity index (χ1) is 15.1. The summed E-state index contributed by atoms with van der Waals surface area (Å²) in [5, 5.41) is 13.5. The second-order valence-corrected chi connectivity index (χ2v) is 9.50. The number of hydrogen-bond donors (Lipinski definition) is 1. The Balaban J connectivity index is 1.50. The molecule has 160 valence electrons. The maximum atomic E-state index is 6.62. The van der Waals surface area contributed by atoms with Gasteiger partial charge in [0.15, 0.2) is 11.6 Å². The Bertz CT molecular complexity index is 1140. The van der Waals surface area contributed by atoms with Crippen molar-refractivity contribution in [3.63, 3.8) is 0 Å². The van der Waals surface area contributed by atoms with E-state index in [1.807, 2.05) is 12.1 Å². The Morgan fingerprint density at radius 3 is 2.81 bits per heavy atom. The van der Waals surface area contributed by atoms with Crippen LogP contribution < -0.4 is 5.32 Å². The van der Waals surface area contributed by atoms with Crippen LogP contribution in [0.25, 0.3) is 5.69 Å². The van der Waals surface area contributed by atoms with Crippen molar-refractivity contribution in [3.05, 3.63) is 75.8 Å². The fourth-order valence-electron chi connectivity index (χ4n) is 5.50. The van der Waals surface area contributed by atoms with Crippen molar-refractivity contribution in [1.29, 1.82) is 0 Å². The average molecular weight is 436 g/mol. The number of nitrogens with zero attached hydrogens (tertiary/aromatic N) is 4. The molecule has 7 heteroatoms. The molecule has 3 aliphatic rings. The van der Waals surface area contributed by atoms with Gasteiger partial charge in [0.25, 0.3) is 0 Å². The quantitative estimate of drug-likeness (QED) is 0.632. The summed E-state index contributed by atoms with van der Waals surface area (Å²) in [5.41, 5.74) is 4.98. The van der Waals surface area contributed by atoms with Crippen LogP contribution in [0.4, 0.5) is 0 Å². The van der Waals surface area contributed by atoms with Gasteiger partial charge in [-0.05, 0) is 67.9 Å². The molecule has 6 rings (SSSR count). The van der Waals surface area contributed by atoms with E-state index in [1.54, 1.807) is 0 Å². The summed E-state index contributed by atoms with van der Waals surface area (Å²) in [7, 11) is 2.10. The smallest absolute Gasteiger partial charge is 0.171 e. The first-order valence-corrected chi connectivity index (χ1v) is 11.4. The topological polar surface area (TPSA) is 55.2 Å². The van der Waals surface area contributed by atoms with Crippen molar-refractivity contribution in [2.24, 2.45) is 0 Å². The van der Waals surface area contributed by atoms with Crippen molar-refractivity contribution in [2.45, 2.75) is 37.5 Å². The fourth-order valence-corrected chi connectivity index (χ4v) is 5.70. The summed E-state index contributed by atoms with van der Waals surface area (Å²) >= 11 is 6.33. The number of piperidine rings is 1. The number of fused-ring (bicyclic) bond motifs is 5. The molecule has 2 aromatic carbocycles. The van der Waals surface area contributed by atoms with E-state index in [2.05, 4.69) is 62.4 Å². The van der Waals surface area contributed by atoms with E-state index in [1.165, 1.54) is 16.7 Å². The first-order valence-electron chi connectivity index (χ1n) is 11.0. The second-order valence-electron chi connectivity index (χ2n) is 9.06. The van der Waals surface area contributed by atoms with Crippen LogP contribution >= 0.6 is 11.6 Å². The van der Waals surface area contributed by atoms with Crippen LogP contribution in [0.2, 0.25) is 5.02 Å². The molecule has 1 saturated heterocycles. The minimum atomic E-state index is -0.232. The van der Waals surface area contributed by atoms with E-state index in [0.717, 1.165) is 61.4 Å². The van der Waals surface area contributed by atoms with Crippen LogP contribution in [0.15, 0.2) is 42.5 Å². The van der Waals surface area contributed by atoms with Gasteiger partial charge in [0.05, 0.1) is 18.8 Å². The van der Waals surface area contributed by atoms with Gasteiger partial charge in [-0.2, -0.15) is 0 Å². The third-order valence-corrected chi connectivity index (χ3v) is 7.26. The molecule has 0 saturated carbocycles. The number of hydrogen-bond acceptors (Lipinski definition) is 5. The molecule has 3 aromatic rings. The molecular weight excluding hydrogens is 410 g/mol. The number of aromatic nitrogens is 3. The van der Waals surface area contributed by atoms with Gasteiger partial charge in [0.1, 0.15) is 6.10 Å². The monoisotopic (exact) mass is 435 g/mol. The molecule has 0 aliphatic carbocycles. The highest BCUT2D eigenvalue weighted by atomic mass is 35.5. The van der Waals surface area contributed by atoms with E-state index in [0.29, 0.717) is 6.61 Å². The van der Waals surface area contributed by atoms with E-state index in [9.17, 15) is 0 Å². The van der Waals surface area contributed by atoms with Gasteiger partial charge >= 0.3 is 0 Å². The summed E-state index contributed by atoms with van der Waals surface area (Å²) in [5.74, 6) is 1.78. The molecule has 3 aliphatic heterocycles. The zero-order chi connectivity index (χ0) is 21.0. The van der Waals surface area contributed by atoms with Crippen LogP contribution in [0, 0.1) is 0 Å². The first kappa shape index (κ1) is 19.4. The summed E-state index contributed by atoms with van der Waals surface area (Å²) in [6.45, 7) is 4.32. The molecule has 1 aromatic heterocycles. The van der Waals surface area contributed by atoms with E-state index >= 15 is 0 Å². The Morgan fingerprint density at radius 1 is 1.10 bits per heavy atom. The molecule has 6 nitrogen and oxygen atoms in total. The predicted octanol–water partition coefficient (Wildman–Crippen LogP) is 3.61. The lowest BCUT2D eigenvalue weighted by Gasteiger charge is -2.44.